The zero-order chi connectivity index (χ0) is 38.5. The van der Waals surface area contributed by atoms with Crippen molar-refractivity contribution in [2.75, 3.05) is 56.9 Å². The predicted octanol–water partition coefficient (Wildman–Crippen LogP) is 10.4. The first-order valence-corrected chi connectivity index (χ1v) is 17.1. The Hall–Kier alpha value is -6.54. The zero-order valence-electron chi connectivity index (χ0n) is 32.0. The molecule has 5 aromatic rings. The molecule has 54 heavy (non-hydrogen) atoms. The van der Waals surface area contributed by atoms with E-state index in [1.165, 1.54) is 0 Å². The Balaban J connectivity index is 1.70. The second kappa shape index (κ2) is 18.8. The summed E-state index contributed by atoms with van der Waals surface area (Å²) in [5.74, 6) is 5.62. The molecule has 0 aromatic heterocycles. The third-order valence-corrected chi connectivity index (χ3v) is 8.61. The Morgan fingerprint density at radius 3 is 0.537 bits per heavy atom. The van der Waals surface area contributed by atoms with Gasteiger partial charge in [-0.2, -0.15) is 0 Å². The van der Waals surface area contributed by atoms with Crippen LogP contribution in [0.25, 0.3) is 48.6 Å². The Bertz CT molecular complexity index is 1780. The van der Waals surface area contributed by atoms with Crippen molar-refractivity contribution in [2.45, 2.75) is 0 Å². The van der Waals surface area contributed by atoms with Gasteiger partial charge in [-0.3, -0.25) is 0 Å². The first kappa shape index (κ1) is 38.7. The van der Waals surface area contributed by atoms with Gasteiger partial charge in [0.15, 0.2) is 0 Å². The van der Waals surface area contributed by atoms with Crippen molar-refractivity contribution in [2.24, 2.45) is 0 Å². The standard InChI is InChI=1S/C46H46O8/c1-47-39-17-31(18-40(27-39)48-2)9-13-35-25-37(15-11-33-21-43(51-5)29-44(22-33)52-6)38(16-12-34-23-45(53-7)30-46(24-34)54-8)26-36(35)14-10-32-19-41(49-3)28-42(20-32)50-4/h9-30H,1-8H3/b13-9+,14-10+,15-11+,16-12+. The highest BCUT2D eigenvalue weighted by molar-refractivity contribution is 5.87. The summed E-state index contributed by atoms with van der Waals surface area (Å²) in [6.45, 7) is 0. The Kier molecular flexibility index (Phi) is 13.5. The SMILES string of the molecule is COc1cc(/C=C/c2cc(/C=C/c3cc(OC)cc(OC)c3)c(/C=C/c3cc(OC)cc(OC)c3)cc2/C=C/c2cc(OC)cc(OC)c2)cc(OC)c1. The topological polar surface area (TPSA) is 73.8 Å². The average Bonchev–Trinajstić information content (AvgIpc) is 3.22. The molecule has 0 radical (unpaired) electrons. The van der Waals surface area contributed by atoms with E-state index in [2.05, 4.69) is 36.4 Å². The molecule has 8 nitrogen and oxygen atoms in total. The van der Waals surface area contributed by atoms with Crippen LogP contribution in [0.4, 0.5) is 0 Å². The molecular formula is C46H46O8. The minimum Gasteiger partial charge on any atom is -0.497 e. The fourth-order valence-corrected chi connectivity index (χ4v) is 5.69. The van der Waals surface area contributed by atoms with Crippen molar-refractivity contribution in [1.29, 1.82) is 0 Å². The fraction of sp³-hybridized carbons (Fsp3) is 0.174. The predicted molar refractivity (Wildman–Crippen MR) is 220 cm³/mol. The summed E-state index contributed by atoms with van der Waals surface area (Å²) >= 11 is 0. The van der Waals surface area contributed by atoms with Gasteiger partial charge >= 0.3 is 0 Å². The van der Waals surface area contributed by atoms with Gasteiger partial charge < -0.3 is 37.9 Å². The van der Waals surface area contributed by atoms with Gasteiger partial charge in [-0.1, -0.05) is 48.6 Å². The maximum atomic E-state index is 5.54. The summed E-state index contributed by atoms with van der Waals surface area (Å²) in [5.41, 5.74) is 7.62. The van der Waals surface area contributed by atoms with E-state index in [0.717, 1.165) is 44.5 Å². The van der Waals surface area contributed by atoms with E-state index in [1.807, 2.05) is 97.1 Å². The van der Waals surface area contributed by atoms with Crippen molar-refractivity contribution in [3.63, 3.8) is 0 Å². The van der Waals surface area contributed by atoms with E-state index < -0.39 is 0 Å². The maximum Gasteiger partial charge on any atom is 0.123 e. The molecule has 0 saturated carbocycles. The van der Waals surface area contributed by atoms with Crippen LogP contribution in [-0.2, 0) is 0 Å². The molecule has 278 valence electrons. The Morgan fingerprint density at radius 2 is 0.389 bits per heavy atom. The summed E-state index contributed by atoms with van der Waals surface area (Å²) in [5, 5.41) is 0. The quantitative estimate of drug-likeness (QED) is 0.0931. The zero-order valence-corrected chi connectivity index (χ0v) is 32.0. The van der Waals surface area contributed by atoms with Crippen molar-refractivity contribution < 1.29 is 37.9 Å². The van der Waals surface area contributed by atoms with Gasteiger partial charge in [-0.05, 0) is 105 Å². The van der Waals surface area contributed by atoms with Crippen LogP contribution in [0, 0.1) is 0 Å². The third-order valence-electron chi connectivity index (χ3n) is 8.61. The van der Waals surface area contributed by atoms with Gasteiger partial charge in [0.05, 0.1) is 56.9 Å². The van der Waals surface area contributed by atoms with Crippen molar-refractivity contribution in [3.05, 3.63) is 129 Å². The van der Waals surface area contributed by atoms with Gasteiger partial charge in [-0.15, -0.1) is 0 Å². The lowest BCUT2D eigenvalue weighted by molar-refractivity contribution is 0.394. The molecule has 0 aliphatic carbocycles. The van der Waals surface area contributed by atoms with Gasteiger partial charge in [0, 0.05) is 24.3 Å². The maximum absolute atomic E-state index is 5.54. The summed E-state index contributed by atoms with van der Waals surface area (Å²) in [6.07, 6.45) is 16.5. The summed E-state index contributed by atoms with van der Waals surface area (Å²) < 4.78 is 44.3. The lowest BCUT2D eigenvalue weighted by atomic mass is 9.95. The smallest absolute Gasteiger partial charge is 0.123 e. The van der Waals surface area contributed by atoms with Crippen LogP contribution in [0.15, 0.2) is 84.9 Å². The minimum absolute atomic E-state index is 0.702. The lowest BCUT2D eigenvalue weighted by Gasteiger charge is -2.11. The molecule has 0 heterocycles. The van der Waals surface area contributed by atoms with E-state index in [0.29, 0.717) is 46.0 Å². The van der Waals surface area contributed by atoms with Crippen LogP contribution in [0.1, 0.15) is 44.5 Å². The van der Waals surface area contributed by atoms with E-state index in [4.69, 9.17) is 37.9 Å². The van der Waals surface area contributed by atoms with Crippen LogP contribution in [-0.4, -0.2) is 56.9 Å². The number of methoxy groups -OCH3 is 8. The Labute approximate surface area is 318 Å². The van der Waals surface area contributed by atoms with Crippen LogP contribution >= 0.6 is 0 Å². The third kappa shape index (κ3) is 10.3. The monoisotopic (exact) mass is 726 g/mol. The van der Waals surface area contributed by atoms with E-state index >= 15 is 0 Å². The van der Waals surface area contributed by atoms with Gasteiger partial charge in [0.25, 0.3) is 0 Å². The number of ether oxygens (including phenoxy) is 8. The second-order valence-electron chi connectivity index (χ2n) is 12.0. The lowest BCUT2D eigenvalue weighted by Crippen LogP contribution is -1.91. The second-order valence-corrected chi connectivity index (χ2v) is 12.0. The molecule has 0 aliphatic rings. The molecule has 8 heteroatoms. The van der Waals surface area contributed by atoms with E-state index in [1.54, 1.807) is 56.9 Å². The van der Waals surface area contributed by atoms with Crippen LogP contribution in [0.2, 0.25) is 0 Å². The number of rotatable bonds is 16. The van der Waals surface area contributed by atoms with E-state index in [9.17, 15) is 0 Å². The summed E-state index contributed by atoms with van der Waals surface area (Å²) in [7, 11) is 13.1. The van der Waals surface area contributed by atoms with Crippen LogP contribution in [0.5, 0.6) is 46.0 Å². The Morgan fingerprint density at radius 1 is 0.222 bits per heavy atom. The van der Waals surface area contributed by atoms with Crippen LogP contribution < -0.4 is 37.9 Å². The molecule has 0 spiro atoms. The highest BCUT2D eigenvalue weighted by atomic mass is 16.5. The number of hydrogen-bond donors (Lipinski definition) is 0. The largest absolute Gasteiger partial charge is 0.497 e. The molecular weight excluding hydrogens is 680 g/mol. The van der Waals surface area contributed by atoms with Gasteiger partial charge in [0.2, 0.25) is 0 Å². The molecule has 0 N–H and O–H groups in total. The number of hydrogen-bond acceptors (Lipinski definition) is 8. The molecule has 5 aromatic carbocycles. The first-order valence-electron chi connectivity index (χ1n) is 17.1. The van der Waals surface area contributed by atoms with Gasteiger partial charge in [0.1, 0.15) is 46.0 Å². The molecule has 0 atom stereocenters. The van der Waals surface area contributed by atoms with Crippen molar-refractivity contribution in [3.8, 4) is 46.0 Å². The minimum atomic E-state index is 0.702. The molecule has 0 unspecified atom stereocenters. The molecule has 5 rings (SSSR count). The highest BCUT2D eigenvalue weighted by Crippen LogP contribution is 2.31. The fourth-order valence-electron chi connectivity index (χ4n) is 5.69. The molecule has 0 fully saturated rings. The highest BCUT2D eigenvalue weighted by Gasteiger charge is 2.08. The number of benzene rings is 5. The molecule has 0 aliphatic heterocycles. The normalized spacial score (nSPS) is 11.4. The first-order chi connectivity index (χ1) is 26.3. The van der Waals surface area contributed by atoms with Crippen LogP contribution in [0.3, 0.4) is 0 Å². The average molecular weight is 727 g/mol. The van der Waals surface area contributed by atoms with Crippen molar-refractivity contribution >= 4 is 48.6 Å². The molecule has 0 bridgehead atoms. The van der Waals surface area contributed by atoms with E-state index in [-0.39, 0.29) is 0 Å². The van der Waals surface area contributed by atoms with Crippen molar-refractivity contribution in [1.82, 2.24) is 0 Å². The molecule has 0 amide bonds. The molecule has 0 saturated heterocycles. The summed E-state index contributed by atoms with van der Waals surface area (Å²) in [6, 6.07) is 27.5. The summed E-state index contributed by atoms with van der Waals surface area (Å²) in [4.78, 5) is 0. The van der Waals surface area contributed by atoms with Gasteiger partial charge in [-0.25, -0.2) is 0 Å².